The first-order valence-electron chi connectivity index (χ1n) is 8.67. The summed E-state index contributed by atoms with van der Waals surface area (Å²) in [6, 6.07) is 0. The number of piperidine rings is 1. The summed E-state index contributed by atoms with van der Waals surface area (Å²) in [6.07, 6.45) is 2.53. The smallest absolute Gasteiger partial charge is 0.219 e. The summed E-state index contributed by atoms with van der Waals surface area (Å²) in [7, 11) is 0. The van der Waals surface area contributed by atoms with Crippen LogP contribution in [0.3, 0.4) is 0 Å². The van der Waals surface area contributed by atoms with Crippen LogP contribution in [0.4, 0.5) is 0 Å². The first-order chi connectivity index (χ1) is 11.0. The molecule has 0 bridgehead atoms. The van der Waals surface area contributed by atoms with Crippen LogP contribution >= 0.6 is 11.6 Å². The highest BCUT2D eigenvalue weighted by Gasteiger charge is 2.27. The van der Waals surface area contributed by atoms with Crippen LogP contribution in [0.2, 0.25) is 5.02 Å². The molecule has 0 N–H and O–H groups in total. The first kappa shape index (κ1) is 16.8. The number of carbonyl (C=O) groups excluding carboxylic acids is 1. The van der Waals surface area contributed by atoms with Crippen LogP contribution in [0.25, 0.3) is 0 Å². The van der Waals surface area contributed by atoms with Crippen LogP contribution in [0, 0.1) is 11.8 Å². The Morgan fingerprint density at radius 2 is 1.96 bits per heavy atom. The fraction of sp³-hybridized carbons (Fsp3) is 0.765. The Morgan fingerprint density at radius 3 is 2.57 bits per heavy atom. The molecular weight excluding hydrogens is 312 g/mol. The number of nitrogens with zero attached hydrogens (tertiary/aromatic N) is 4. The van der Waals surface area contributed by atoms with E-state index in [4.69, 9.17) is 16.7 Å². The quantitative estimate of drug-likeness (QED) is 0.851. The highest BCUT2D eigenvalue weighted by atomic mass is 35.5. The average Bonchev–Trinajstić information content (AvgIpc) is 2.83. The molecule has 0 spiro atoms. The van der Waals surface area contributed by atoms with Gasteiger partial charge in [0, 0.05) is 20.0 Å². The Morgan fingerprint density at radius 1 is 1.26 bits per heavy atom. The molecule has 3 rings (SSSR count). The normalized spacial score (nSPS) is 20.1. The van der Waals surface area contributed by atoms with E-state index in [-0.39, 0.29) is 5.91 Å². The van der Waals surface area contributed by atoms with Crippen molar-refractivity contribution in [3.8, 4) is 0 Å². The van der Waals surface area contributed by atoms with Gasteiger partial charge in [-0.25, -0.2) is 0 Å². The maximum atomic E-state index is 11.6. The minimum atomic E-state index is 0.103. The molecule has 1 fully saturated rings. The van der Waals surface area contributed by atoms with Gasteiger partial charge in [0.2, 0.25) is 5.91 Å². The Kier molecular flexibility index (Phi) is 4.97. The van der Waals surface area contributed by atoms with Crippen molar-refractivity contribution in [2.24, 2.45) is 11.8 Å². The van der Waals surface area contributed by atoms with E-state index in [1.165, 1.54) is 12.8 Å². The second-order valence-corrected chi connectivity index (χ2v) is 7.61. The van der Waals surface area contributed by atoms with E-state index in [0.717, 1.165) is 61.0 Å². The van der Waals surface area contributed by atoms with Crippen LogP contribution in [0.15, 0.2) is 0 Å². The highest BCUT2D eigenvalue weighted by Crippen LogP contribution is 2.29. The fourth-order valence-corrected chi connectivity index (χ4v) is 3.96. The zero-order chi connectivity index (χ0) is 16.6. The standard InChI is InChI=1S/C17H27ClN4O/c1-12(2)14-4-6-20(7-5-14)10-15-17(18)16-11-21(13(3)23)8-9-22(16)19-15/h12,14H,4-11H2,1-3H3. The SMILES string of the molecule is CC(=O)N1CCn2nc(CN3CCC(C(C)C)CC3)c(Cl)c2C1. The van der Waals surface area contributed by atoms with Crippen molar-refractivity contribution in [1.82, 2.24) is 19.6 Å². The summed E-state index contributed by atoms with van der Waals surface area (Å²) in [4.78, 5) is 15.9. The molecule has 2 aliphatic heterocycles. The van der Waals surface area contributed by atoms with Gasteiger partial charge in [-0.05, 0) is 37.8 Å². The van der Waals surface area contributed by atoms with Gasteiger partial charge >= 0.3 is 0 Å². The van der Waals surface area contributed by atoms with E-state index in [1.807, 2.05) is 9.58 Å². The van der Waals surface area contributed by atoms with E-state index in [2.05, 4.69) is 18.7 Å². The molecule has 0 aromatic carbocycles. The molecule has 2 aliphatic rings. The van der Waals surface area contributed by atoms with Gasteiger partial charge in [0.1, 0.15) is 0 Å². The first-order valence-corrected chi connectivity index (χ1v) is 9.05. The number of amides is 1. The number of hydrogen-bond acceptors (Lipinski definition) is 3. The lowest BCUT2D eigenvalue weighted by Gasteiger charge is -2.33. The summed E-state index contributed by atoms with van der Waals surface area (Å²) in [5, 5.41) is 5.45. The number of hydrogen-bond donors (Lipinski definition) is 0. The van der Waals surface area contributed by atoms with Gasteiger partial charge in [0.05, 0.1) is 29.5 Å². The molecule has 0 radical (unpaired) electrons. The van der Waals surface area contributed by atoms with Gasteiger partial charge in [-0.2, -0.15) is 5.10 Å². The third-order valence-corrected chi connectivity index (χ3v) is 5.81. The summed E-state index contributed by atoms with van der Waals surface area (Å²) in [5.74, 6) is 1.73. The van der Waals surface area contributed by atoms with Crippen molar-refractivity contribution >= 4 is 17.5 Å². The van der Waals surface area contributed by atoms with E-state index < -0.39 is 0 Å². The van der Waals surface area contributed by atoms with Crippen molar-refractivity contribution < 1.29 is 4.79 Å². The number of halogens is 1. The molecule has 0 unspecified atom stereocenters. The van der Waals surface area contributed by atoms with Gasteiger partial charge in [-0.15, -0.1) is 0 Å². The van der Waals surface area contributed by atoms with E-state index in [9.17, 15) is 4.79 Å². The van der Waals surface area contributed by atoms with Gasteiger partial charge in [-0.3, -0.25) is 14.4 Å². The van der Waals surface area contributed by atoms with Crippen molar-refractivity contribution in [3.05, 3.63) is 16.4 Å². The largest absolute Gasteiger partial charge is 0.335 e. The number of rotatable bonds is 3. The predicted octanol–water partition coefficient (Wildman–Crippen LogP) is 2.77. The number of carbonyl (C=O) groups is 1. The van der Waals surface area contributed by atoms with Crippen LogP contribution in [0.1, 0.15) is 45.0 Å². The molecule has 0 atom stereocenters. The van der Waals surface area contributed by atoms with Crippen molar-refractivity contribution in [3.63, 3.8) is 0 Å². The molecule has 3 heterocycles. The maximum absolute atomic E-state index is 11.6. The average molecular weight is 339 g/mol. The van der Waals surface area contributed by atoms with Gasteiger partial charge in [0.25, 0.3) is 0 Å². The van der Waals surface area contributed by atoms with Gasteiger partial charge in [-0.1, -0.05) is 25.4 Å². The molecule has 1 amide bonds. The molecule has 0 saturated carbocycles. The van der Waals surface area contributed by atoms with Crippen LogP contribution in [0.5, 0.6) is 0 Å². The van der Waals surface area contributed by atoms with Crippen molar-refractivity contribution in [2.45, 2.75) is 53.2 Å². The van der Waals surface area contributed by atoms with E-state index >= 15 is 0 Å². The van der Waals surface area contributed by atoms with E-state index in [0.29, 0.717) is 6.54 Å². The Balaban J connectivity index is 1.65. The van der Waals surface area contributed by atoms with Crippen molar-refractivity contribution in [2.75, 3.05) is 19.6 Å². The fourth-order valence-electron chi connectivity index (χ4n) is 3.70. The Hall–Kier alpha value is -1.07. The van der Waals surface area contributed by atoms with Gasteiger partial charge < -0.3 is 4.90 Å². The van der Waals surface area contributed by atoms with Gasteiger partial charge in [0.15, 0.2) is 0 Å². The number of aromatic nitrogens is 2. The summed E-state index contributed by atoms with van der Waals surface area (Å²) >= 11 is 6.56. The van der Waals surface area contributed by atoms with Crippen molar-refractivity contribution in [1.29, 1.82) is 0 Å². The summed E-state index contributed by atoms with van der Waals surface area (Å²) in [6.45, 7) is 11.4. The lowest BCUT2D eigenvalue weighted by Crippen LogP contribution is -2.37. The third kappa shape index (κ3) is 3.56. The summed E-state index contributed by atoms with van der Waals surface area (Å²) in [5.41, 5.74) is 1.95. The zero-order valence-corrected chi connectivity index (χ0v) is 15.1. The Labute approximate surface area is 143 Å². The molecule has 128 valence electrons. The number of likely N-dealkylation sites (tertiary alicyclic amines) is 1. The lowest BCUT2D eigenvalue weighted by atomic mass is 9.87. The molecular formula is C17H27ClN4O. The minimum Gasteiger partial charge on any atom is -0.335 e. The minimum absolute atomic E-state index is 0.103. The molecule has 6 heteroatoms. The molecule has 0 aliphatic carbocycles. The molecule has 5 nitrogen and oxygen atoms in total. The predicted molar refractivity (Wildman–Crippen MR) is 91.2 cm³/mol. The number of fused-ring (bicyclic) bond motifs is 1. The lowest BCUT2D eigenvalue weighted by molar-refractivity contribution is -0.130. The third-order valence-electron chi connectivity index (χ3n) is 5.38. The second kappa shape index (κ2) is 6.81. The second-order valence-electron chi connectivity index (χ2n) is 7.23. The van der Waals surface area contributed by atoms with Crippen LogP contribution in [-0.4, -0.2) is 45.1 Å². The topological polar surface area (TPSA) is 41.4 Å². The Bertz CT molecular complexity index is 575. The molecule has 1 saturated heterocycles. The molecule has 1 aromatic heterocycles. The van der Waals surface area contributed by atoms with Crippen LogP contribution < -0.4 is 0 Å². The summed E-state index contributed by atoms with van der Waals surface area (Å²) < 4.78 is 1.98. The zero-order valence-electron chi connectivity index (χ0n) is 14.4. The maximum Gasteiger partial charge on any atom is 0.219 e. The molecule has 1 aromatic rings. The highest BCUT2D eigenvalue weighted by molar-refractivity contribution is 6.31. The molecule has 23 heavy (non-hydrogen) atoms. The van der Waals surface area contributed by atoms with Crippen LogP contribution in [-0.2, 0) is 24.4 Å². The monoisotopic (exact) mass is 338 g/mol. The van der Waals surface area contributed by atoms with E-state index in [1.54, 1.807) is 6.92 Å².